The van der Waals surface area contributed by atoms with Gasteiger partial charge >= 0.3 is 6.03 Å². The number of nitrogens with one attached hydrogen (secondary N) is 2. The lowest BCUT2D eigenvalue weighted by Crippen LogP contribution is -2.45. The number of hydrogen-bond donors (Lipinski definition) is 2. The molecule has 1 aliphatic heterocycles. The van der Waals surface area contributed by atoms with Crippen LogP contribution in [-0.4, -0.2) is 47.2 Å². The van der Waals surface area contributed by atoms with Crippen molar-refractivity contribution in [3.8, 4) is 18.0 Å². The Morgan fingerprint density at radius 1 is 1.14 bits per heavy atom. The maximum Gasteiger partial charge on any atom is 0.322 e. The number of rotatable bonds is 5. The summed E-state index contributed by atoms with van der Waals surface area (Å²) in [6.07, 6.45) is 6.81. The van der Waals surface area contributed by atoms with Crippen LogP contribution in [0.1, 0.15) is 17.5 Å². The molecule has 0 bridgehead atoms. The molecule has 3 amide bonds. The molecular weight excluding hydrogens is 463 g/mol. The van der Waals surface area contributed by atoms with Crippen LogP contribution in [0.5, 0.6) is 0 Å². The number of amides is 3. The zero-order valence-electron chi connectivity index (χ0n) is 19.8. The van der Waals surface area contributed by atoms with Gasteiger partial charge in [0.2, 0.25) is 5.91 Å². The average molecular weight is 489 g/mol. The molecule has 9 heteroatoms. The largest absolute Gasteiger partial charge is 0.380 e. The van der Waals surface area contributed by atoms with Crippen molar-refractivity contribution >= 4 is 23.3 Å². The van der Waals surface area contributed by atoms with Crippen LogP contribution in [0.15, 0.2) is 65.6 Å². The minimum atomic E-state index is -0.876. The molecule has 1 aliphatic rings. The summed E-state index contributed by atoms with van der Waals surface area (Å²) in [6.45, 7) is 1.87. The van der Waals surface area contributed by atoms with E-state index in [9.17, 15) is 18.8 Å². The molecule has 0 unspecified atom stereocenters. The fourth-order valence-electron chi connectivity index (χ4n) is 4.06. The van der Waals surface area contributed by atoms with Crippen LogP contribution in [0, 0.1) is 25.1 Å². The molecular formula is C27H25FN4O4. The quantitative estimate of drug-likeness (QED) is 0.538. The molecule has 184 valence electrons. The Bertz CT molecular complexity index is 1390. The molecule has 0 aliphatic carbocycles. The number of pyridine rings is 1. The Hall–Kier alpha value is -4.42. The van der Waals surface area contributed by atoms with E-state index in [4.69, 9.17) is 11.2 Å². The maximum atomic E-state index is 14.9. The molecule has 8 nitrogen and oxygen atoms in total. The predicted octanol–water partition coefficient (Wildman–Crippen LogP) is 3.53. The van der Waals surface area contributed by atoms with E-state index in [1.54, 1.807) is 49.5 Å². The van der Waals surface area contributed by atoms with Crippen molar-refractivity contribution in [1.82, 2.24) is 9.47 Å². The number of methoxy groups -OCH3 is 1. The first-order valence-electron chi connectivity index (χ1n) is 11.3. The number of hydrogen-bond acceptors (Lipinski definition) is 4. The van der Waals surface area contributed by atoms with Crippen LogP contribution in [0.4, 0.5) is 20.6 Å². The fourth-order valence-corrected chi connectivity index (χ4v) is 4.06. The lowest BCUT2D eigenvalue weighted by molar-refractivity contribution is -0.119. The molecule has 1 saturated heterocycles. The SMILES string of the molecule is C#Cc1ccc(NC(=O)N2C[C@H](OC)C[C@H]2C(=O)Nc2ccc(-n3cccc(C)c3=O)cc2F)cc1. The summed E-state index contributed by atoms with van der Waals surface area (Å²) in [5, 5.41) is 5.32. The van der Waals surface area contributed by atoms with E-state index < -0.39 is 23.8 Å². The van der Waals surface area contributed by atoms with Gasteiger partial charge in [-0.1, -0.05) is 12.0 Å². The number of halogens is 1. The number of benzene rings is 2. The molecule has 36 heavy (non-hydrogen) atoms. The van der Waals surface area contributed by atoms with Crippen molar-refractivity contribution in [1.29, 1.82) is 0 Å². The second kappa shape index (κ2) is 10.5. The van der Waals surface area contributed by atoms with Crippen LogP contribution in [-0.2, 0) is 9.53 Å². The molecule has 2 atom stereocenters. The van der Waals surface area contributed by atoms with Gasteiger partial charge in [0.25, 0.3) is 5.56 Å². The van der Waals surface area contributed by atoms with E-state index in [0.29, 0.717) is 22.5 Å². The molecule has 2 N–H and O–H groups in total. The van der Waals surface area contributed by atoms with Gasteiger partial charge in [0.15, 0.2) is 0 Å². The van der Waals surface area contributed by atoms with Crippen LogP contribution in [0.2, 0.25) is 0 Å². The Morgan fingerprint density at radius 3 is 2.56 bits per heavy atom. The molecule has 0 saturated carbocycles. The van der Waals surface area contributed by atoms with Crippen LogP contribution in [0.3, 0.4) is 0 Å². The zero-order valence-corrected chi connectivity index (χ0v) is 19.8. The van der Waals surface area contributed by atoms with Crippen LogP contribution < -0.4 is 16.2 Å². The Morgan fingerprint density at radius 2 is 1.89 bits per heavy atom. The second-order valence-electron chi connectivity index (χ2n) is 8.43. The van der Waals surface area contributed by atoms with Gasteiger partial charge in [-0.15, -0.1) is 6.42 Å². The third kappa shape index (κ3) is 5.14. The summed E-state index contributed by atoms with van der Waals surface area (Å²) >= 11 is 0. The van der Waals surface area contributed by atoms with Crippen molar-refractivity contribution in [2.45, 2.75) is 25.5 Å². The monoisotopic (exact) mass is 488 g/mol. The Labute approximate surface area is 207 Å². The van der Waals surface area contributed by atoms with Gasteiger partial charge in [0.05, 0.1) is 17.5 Å². The van der Waals surface area contributed by atoms with Crippen molar-refractivity contribution in [3.63, 3.8) is 0 Å². The predicted molar refractivity (Wildman–Crippen MR) is 135 cm³/mol. The minimum Gasteiger partial charge on any atom is -0.380 e. The van der Waals surface area contributed by atoms with E-state index in [-0.39, 0.29) is 30.3 Å². The van der Waals surface area contributed by atoms with Gasteiger partial charge in [-0.05, 0) is 49.4 Å². The van der Waals surface area contributed by atoms with E-state index >= 15 is 0 Å². The topological polar surface area (TPSA) is 92.7 Å². The molecule has 1 aromatic heterocycles. The van der Waals surface area contributed by atoms with E-state index in [1.807, 2.05) is 0 Å². The van der Waals surface area contributed by atoms with Gasteiger partial charge in [0, 0.05) is 49.2 Å². The lowest BCUT2D eigenvalue weighted by atomic mass is 10.1. The first kappa shape index (κ1) is 24.7. The third-order valence-corrected chi connectivity index (χ3v) is 6.09. The summed E-state index contributed by atoms with van der Waals surface area (Å²) in [4.78, 5) is 39.8. The number of carbonyl (C=O) groups excluding carboxylic acids is 2. The molecule has 3 aromatic rings. The van der Waals surface area contributed by atoms with Gasteiger partial charge in [-0.2, -0.15) is 0 Å². The number of likely N-dealkylation sites (tertiary alicyclic amines) is 1. The number of carbonyl (C=O) groups is 2. The summed E-state index contributed by atoms with van der Waals surface area (Å²) < 4.78 is 21.6. The highest BCUT2D eigenvalue weighted by atomic mass is 19.1. The molecule has 2 heterocycles. The Kier molecular flexibility index (Phi) is 7.17. The second-order valence-corrected chi connectivity index (χ2v) is 8.43. The fraction of sp³-hybridized carbons (Fsp3) is 0.222. The number of anilines is 2. The standard InChI is InChI=1S/C27H25FN4O4/c1-4-18-7-9-19(10-8-18)29-27(35)32-16-21(36-3)15-24(32)25(33)30-23-12-11-20(14-22(23)28)31-13-5-6-17(2)26(31)34/h1,5-14,21,24H,15-16H2,2-3H3,(H,29,35)(H,30,33)/t21-,24+/m1/s1. The van der Waals surface area contributed by atoms with Gasteiger partial charge in [0.1, 0.15) is 11.9 Å². The number of nitrogens with zero attached hydrogens (tertiary/aromatic N) is 2. The smallest absolute Gasteiger partial charge is 0.322 e. The highest BCUT2D eigenvalue weighted by molar-refractivity contribution is 5.99. The summed E-state index contributed by atoms with van der Waals surface area (Å²) in [7, 11) is 1.51. The molecule has 0 radical (unpaired) electrons. The van der Waals surface area contributed by atoms with Crippen molar-refractivity contribution in [3.05, 3.63) is 88.1 Å². The lowest BCUT2D eigenvalue weighted by Gasteiger charge is -2.24. The highest BCUT2D eigenvalue weighted by Gasteiger charge is 2.40. The van der Waals surface area contributed by atoms with Crippen LogP contribution in [0.25, 0.3) is 5.69 Å². The molecule has 4 rings (SSSR count). The third-order valence-electron chi connectivity index (χ3n) is 6.09. The van der Waals surface area contributed by atoms with Gasteiger partial charge < -0.3 is 20.3 Å². The minimum absolute atomic E-state index is 0.0597. The van der Waals surface area contributed by atoms with Crippen molar-refractivity contribution in [2.24, 2.45) is 0 Å². The highest BCUT2D eigenvalue weighted by Crippen LogP contribution is 2.25. The van der Waals surface area contributed by atoms with E-state index in [1.165, 1.54) is 34.8 Å². The van der Waals surface area contributed by atoms with Gasteiger partial charge in [-0.25, -0.2) is 9.18 Å². The summed E-state index contributed by atoms with van der Waals surface area (Å²) in [5.41, 5.74) is 1.72. The van der Waals surface area contributed by atoms with E-state index in [0.717, 1.165) is 0 Å². The number of terminal acetylenes is 1. The number of urea groups is 1. The van der Waals surface area contributed by atoms with Crippen molar-refractivity contribution in [2.75, 3.05) is 24.3 Å². The van der Waals surface area contributed by atoms with Gasteiger partial charge in [-0.3, -0.25) is 14.2 Å². The maximum absolute atomic E-state index is 14.9. The van der Waals surface area contributed by atoms with E-state index in [2.05, 4.69) is 16.6 Å². The normalized spacial score (nSPS) is 16.9. The summed E-state index contributed by atoms with van der Waals surface area (Å²) in [5.74, 6) is 1.25. The first-order chi connectivity index (χ1) is 17.3. The van der Waals surface area contributed by atoms with Crippen molar-refractivity contribution < 1.29 is 18.7 Å². The Balaban J connectivity index is 1.50. The average Bonchev–Trinajstić information content (AvgIpc) is 3.32. The number of ether oxygens (including phenoxy) is 1. The molecule has 2 aromatic carbocycles. The number of aryl methyl sites for hydroxylation is 1. The summed E-state index contributed by atoms with van der Waals surface area (Å²) in [6, 6.07) is 12.8. The molecule has 1 fully saturated rings. The number of aromatic nitrogens is 1. The molecule has 0 spiro atoms. The zero-order chi connectivity index (χ0) is 25.8. The first-order valence-corrected chi connectivity index (χ1v) is 11.3. The van der Waals surface area contributed by atoms with Crippen LogP contribution >= 0.6 is 0 Å².